The van der Waals surface area contributed by atoms with Crippen LogP contribution in [0.1, 0.15) is 60.3 Å². The summed E-state index contributed by atoms with van der Waals surface area (Å²) in [5.41, 5.74) is 5.61. The van der Waals surface area contributed by atoms with E-state index < -0.39 is 0 Å². The summed E-state index contributed by atoms with van der Waals surface area (Å²) in [5.74, 6) is 1.81. The summed E-state index contributed by atoms with van der Waals surface area (Å²) < 4.78 is 1.88. The van der Waals surface area contributed by atoms with Crippen LogP contribution >= 0.6 is 0 Å². The molecular formula is C29H32N6O. The van der Waals surface area contributed by atoms with Crippen molar-refractivity contribution in [3.05, 3.63) is 77.9 Å². The average molecular weight is 481 g/mol. The first-order chi connectivity index (χ1) is 17.6. The molecule has 7 heteroatoms. The zero-order chi connectivity index (χ0) is 24.6. The van der Waals surface area contributed by atoms with Crippen molar-refractivity contribution in [2.45, 2.75) is 45.6 Å². The minimum atomic E-state index is -0.0504. The van der Waals surface area contributed by atoms with Crippen molar-refractivity contribution in [3.63, 3.8) is 0 Å². The van der Waals surface area contributed by atoms with Crippen molar-refractivity contribution >= 4 is 17.4 Å². The summed E-state index contributed by atoms with van der Waals surface area (Å²) in [4.78, 5) is 27.4. The van der Waals surface area contributed by atoms with Crippen molar-refractivity contribution in [2.75, 3.05) is 24.5 Å². The highest BCUT2D eigenvalue weighted by Crippen LogP contribution is 2.33. The number of rotatable bonds is 4. The number of benzene rings is 1. The number of pyridine rings is 1. The molecule has 184 valence electrons. The number of fused-ring (bicyclic) bond motifs is 1. The van der Waals surface area contributed by atoms with Gasteiger partial charge in [0.2, 0.25) is 0 Å². The van der Waals surface area contributed by atoms with E-state index in [1.165, 1.54) is 6.42 Å². The van der Waals surface area contributed by atoms with E-state index >= 15 is 0 Å². The van der Waals surface area contributed by atoms with Crippen LogP contribution in [0, 0.1) is 12.8 Å². The molecule has 2 aliphatic rings. The maximum Gasteiger partial charge on any atom is 0.254 e. The van der Waals surface area contributed by atoms with E-state index in [-0.39, 0.29) is 11.9 Å². The summed E-state index contributed by atoms with van der Waals surface area (Å²) in [6, 6.07) is 13.8. The lowest BCUT2D eigenvalue weighted by Gasteiger charge is -2.34. The summed E-state index contributed by atoms with van der Waals surface area (Å²) in [7, 11) is 0. The van der Waals surface area contributed by atoms with Crippen molar-refractivity contribution in [2.24, 2.45) is 5.92 Å². The average Bonchev–Trinajstić information content (AvgIpc) is 3.54. The van der Waals surface area contributed by atoms with E-state index in [0.717, 1.165) is 72.7 Å². The lowest BCUT2D eigenvalue weighted by molar-refractivity contribution is 0.0605. The molecule has 0 unspecified atom stereocenters. The molecule has 1 amide bonds. The van der Waals surface area contributed by atoms with Crippen molar-refractivity contribution in [3.8, 4) is 11.1 Å². The molecule has 0 bridgehead atoms. The summed E-state index contributed by atoms with van der Waals surface area (Å²) in [6.45, 7) is 7.24. The fourth-order valence-corrected chi connectivity index (χ4v) is 5.64. The molecule has 5 heterocycles. The molecule has 36 heavy (non-hydrogen) atoms. The zero-order valence-corrected chi connectivity index (χ0v) is 21.0. The Morgan fingerprint density at radius 3 is 2.72 bits per heavy atom. The molecule has 2 aliphatic heterocycles. The van der Waals surface area contributed by atoms with E-state index in [2.05, 4.69) is 36.0 Å². The molecule has 2 atom stereocenters. The first-order valence-corrected chi connectivity index (χ1v) is 13.0. The Morgan fingerprint density at radius 1 is 1.03 bits per heavy atom. The highest BCUT2D eigenvalue weighted by molar-refractivity contribution is 5.95. The molecule has 7 nitrogen and oxygen atoms in total. The standard InChI is InChI=1S/C29H32N6O/c1-20-11-14-33(18-20)28-21(2)19-35-27(31-28)16-25(32-35)26-10-3-4-13-34(26)29(36)23-8-5-7-22(15-23)24-9-6-12-30-17-24/h5-9,12,15-17,19-20,26H,3-4,10-11,13-14,18H2,1-2H3/t20-,26-/m0/s1. The Kier molecular flexibility index (Phi) is 5.91. The Morgan fingerprint density at radius 2 is 1.92 bits per heavy atom. The summed E-state index contributed by atoms with van der Waals surface area (Å²) in [5, 5.41) is 4.90. The van der Waals surface area contributed by atoms with Gasteiger partial charge in [-0.2, -0.15) is 5.10 Å². The number of likely N-dealkylation sites (tertiary alicyclic amines) is 1. The number of hydrogen-bond donors (Lipinski definition) is 0. The second-order valence-corrected chi connectivity index (χ2v) is 10.3. The molecule has 4 aromatic rings. The van der Waals surface area contributed by atoms with Gasteiger partial charge in [0, 0.05) is 61.0 Å². The third-order valence-electron chi connectivity index (χ3n) is 7.56. The molecule has 1 aromatic carbocycles. The van der Waals surface area contributed by atoms with Gasteiger partial charge in [-0.15, -0.1) is 0 Å². The Balaban J connectivity index is 1.30. The van der Waals surface area contributed by atoms with Gasteiger partial charge in [-0.1, -0.05) is 25.1 Å². The van der Waals surface area contributed by atoms with Crippen molar-refractivity contribution in [1.29, 1.82) is 0 Å². The van der Waals surface area contributed by atoms with Gasteiger partial charge in [-0.05, 0) is 62.3 Å². The molecule has 2 saturated heterocycles. The number of carbonyl (C=O) groups is 1. The largest absolute Gasteiger partial charge is 0.356 e. The number of aryl methyl sites for hydroxylation is 1. The molecule has 6 rings (SSSR count). The van der Waals surface area contributed by atoms with Crippen molar-refractivity contribution < 1.29 is 4.79 Å². The summed E-state index contributed by atoms with van der Waals surface area (Å²) in [6.07, 6.45) is 9.88. The molecule has 0 saturated carbocycles. The molecule has 2 fully saturated rings. The third kappa shape index (κ3) is 4.23. The van der Waals surface area contributed by atoms with Crippen LogP contribution in [0.3, 0.4) is 0 Å². The van der Waals surface area contributed by atoms with Gasteiger partial charge in [0.1, 0.15) is 5.82 Å². The normalized spacial score (nSPS) is 20.3. The number of hydrogen-bond acceptors (Lipinski definition) is 5. The quantitative estimate of drug-likeness (QED) is 0.396. The Bertz CT molecular complexity index is 1400. The molecule has 3 aromatic heterocycles. The first kappa shape index (κ1) is 22.7. The smallest absolute Gasteiger partial charge is 0.254 e. The minimum absolute atomic E-state index is 0.0504. The number of aromatic nitrogens is 4. The molecule has 0 aliphatic carbocycles. The fraction of sp³-hybridized carbons (Fsp3) is 0.379. The van der Waals surface area contributed by atoms with E-state index in [1.807, 2.05) is 52.0 Å². The van der Waals surface area contributed by atoms with Gasteiger partial charge in [-0.25, -0.2) is 9.50 Å². The lowest BCUT2D eigenvalue weighted by atomic mass is 9.97. The van der Waals surface area contributed by atoms with E-state index in [4.69, 9.17) is 10.1 Å². The summed E-state index contributed by atoms with van der Waals surface area (Å²) >= 11 is 0. The number of nitrogens with zero attached hydrogens (tertiary/aromatic N) is 6. The van der Waals surface area contributed by atoms with Crippen LogP contribution < -0.4 is 4.90 Å². The number of amides is 1. The lowest BCUT2D eigenvalue weighted by Crippen LogP contribution is -2.38. The topological polar surface area (TPSA) is 66.6 Å². The highest BCUT2D eigenvalue weighted by atomic mass is 16.2. The fourth-order valence-electron chi connectivity index (χ4n) is 5.64. The third-order valence-corrected chi connectivity index (χ3v) is 7.56. The maximum absolute atomic E-state index is 13.7. The molecule has 0 N–H and O–H groups in total. The van der Waals surface area contributed by atoms with Crippen LogP contribution in [0.5, 0.6) is 0 Å². The monoisotopic (exact) mass is 480 g/mol. The van der Waals surface area contributed by atoms with E-state index in [1.54, 1.807) is 6.20 Å². The zero-order valence-electron chi connectivity index (χ0n) is 21.0. The van der Waals surface area contributed by atoms with Gasteiger partial charge in [0.15, 0.2) is 5.65 Å². The van der Waals surface area contributed by atoms with Gasteiger partial charge in [-0.3, -0.25) is 9.78 Å². The molecule has 0 radical (unpaired) electrons. The van der Waals surface area contributed by atoms with Gasteiger partial charge in [0.25, 0.3) is 5.91 Å². The predicted octanol–water partition coefficient (Wildman–Crippen LogP) is 5.31. The van der Waals surface area contributed by atoms with E-state index in [9.17, 15) is 4.79 Å². The van der Waals surface area contributed by atoms with Gasteiger partial charge < -0.3 is 9.80 Å². The highest BCUT2D eigenvalue weighted by Gasteiger charge is 2.31. The number of carbonyl (C=O) groups excluding carboxylic acids is 1. The van der Waals surface area contributed by atoms with Crippen LogP contribution in [0.2, 0.25) is 0 Å². The van der Waals surface area contributed by atoms with Crippen LogP contribution in [0.4, 0.5) is 5.82 Å². The van der Waals surface area contributed by atoms with Gasteiger partial charge >= 0.3 is 0 Å². The van der Waals surface area contributed by atoms with Crippen LogP contribution in [0.15, 0.2) is 61.1 Å². The van der Waals surface area contributed by atoms with Gasteiger partial charge in [0.05, 0.1) is 11.7 Å². The molecule has 0 spiro atoms. The number of piperidine rings is 1. The second-order valence-electron chi connectivity index (χ2n) is 10.3. The SMILES string of the molecule is Cc1cn2nc([C@@H]3CCCCN3C(=O)c3cccc(-c4cccnc4)c3)cc2nc1N1CC[C@H](C)C1. The maximum atomic E-state index is 13.7. The Labute approximate surface area is 211 Å². The van der Waals surface area contributed by atoms with Crippen LogP contribution in [-0.4, -0.2) is 50.0 Å². The second kappa shape index (κ2) is 9.37. The first-order valence-electron chi connectivity index (χ1n) is 13.0. The minimum Gasteiger partial charge on any atom is -0.356 e. The predicted molar refractivity (Wildman–Crippen MR) is 141 cm³/mol. The van der Waals surface area contributed by atoms with Crippen LogP contribution in [-0.2, 0) is 0 Å². The van der Waals surface area contributed by atoms with E-state index in [0.29, 0.717) is 11.5 Å². The molecular weight excluding hydrogens is 448 g/mol. The Hall–Kier alpha value is -3.74. The number of anilines is 1. The van der Waals surface area contributed by atoms with Crippen molar-refractivity contribution in [1.82, 2.24) is 24.5 Å². The van der Waals surface area contributed by atoms with Crippen LogP contribution in [0.25, 0.3) is 16.8 Å².